The van der Waals surface area contributed by atoms with Crippen LogP contribution in [0.15, 0.2) is 0 Å². The lowest BCUT2D eigenvalue weighted by Gasteiger charge is -2.38. The first-order valence-electron chi connectivity index (χ1n) is 6.52. The molecule has 2 aliphatic rings. The fourth-order valence-electron chi connectivity index (χ4n) is 2.39. The molecule has 0 aromatic carbocycles. The van der Waals surface area contributed by atoms with Gasteiger partial charge in [-0.2, -0.15) is 5.06 Å². The number of carbonyl (C=O) groups excluding carboxylic acids is 2. The summed E-state index contributed by atoms with van der Waals surface area (Å²) in [6.45, 7) is 1.89. The summed E-state index contributed by atoms with van der Waals surface area (Å²) in [5.41, 5.74) is 0. The molecule has 102 valence electrons. The van der Waals surface area contributed by atoms with E-state index in [0.717, 1.165) is 31.0 Å². The average Bonchev–Trinajstić information content (AvgIpc) is 2.67. The maximum Gasteiger partial charge on any atom is 0.254 e. The van der Waals surface area contributed by atoms with Crippen LogP contribution in [0.5, 0.6) is 0 Å². The molecule has 0 aromatic heterocycles. The van der Waals surface area contributed by atoms with Crippen molar-refractivity contribution >= 4 is 11.8 Å². The van der Waals surface area contributed by atoms with Crippen molar-refractivity contribution in [2.75, 3.05) is 27.2 Å². The summed E-state index contributed by atoms with van der Waals surface area (Å²) in [5, 5.41) is 0.944. The molecule has 6 heteroatoms. The topological polar surface area (TPSA) is 53.1 Å². The number of hydrogen-bond donors (Lipinski definition) is 0. The summed E-state index contributed by atoms with van der Waals surface area (Å²) in [5.74, 6) is -0.465. The highest BCUT2D eigenvalue weighted by Gasteiger charge is 2.35. The Morgan fingerprint density at radius 3 is 2.11 bits per heavy atom. The summed E-state index contributed by atoms with van der Waals surface area (Å²) < 4.78 is 0. The van der Waals surface area contributed by atoms with Crippen molar-refractivity contribution < 1.29 is 14.4 Å². The molecule has 0 saturated carbocycles. The van der Waals surface area contributed by atoms with Crippen LogP contribution < -0.4 is 0 Å². The zero-order chi connectivity index (χ0) is 13.1. The number of amides is 2. The highest BCUT2D eigenvalue weighted by molar-refractivity contribution is 6.00. The number of piperidine rings is 1. The Labute approximate surface area is 107 Å². The smallest absolute Gasteiger partial charge is 0.254 e. The van der Waals surface area contributed by atoms with Crippen LogP contribution in [0.3, 0.4) is 0 Å². The second kappa shape index (κ2) is 5.77. The SMILES string of the molecule is CN(C)C(ON1C(=O)CCC1=O)N1CCCCC1. The van der Waals surface area contributed by atoms with Crippen molar-refractivity contribution in [3.05, 3.63) is 0 Å². The molecule has 2 amide bonds. The van der Waals surface area contributed by atoms with Gasteiger partial charge < -0.3 is 0 Å². The Balaban J connectivity index is 2.01. The highest BCUT2D eigenvalue weighted by atomic mass is 16.7. The zero-order valence-electron chi connectivity index (χ0n) is 11.1. The Bertz CT molecular complexity index is 311. The zero-order valence-corrected chi connectivity index (χ0v) is 11.1. The largest absolute Gasteiger partial charge is 0.272 e. The van der Waals surface area contributed by atoms with E-state index in [1.165, 1.54) is 6.42 Å². The first-order valence-corrected chi connectivity index (χ1v) is 6.52. The number of hydrogen-bond acceptors (Lipinski definition) is 5. The molecule has 2 aliphatic heterocycles. The van der Waals surface area contributed by atoms with Gasteiger partial charge in [-0.1, -0.05) is 6.42 Å². The van der Waals surface area contributed by atoms with Crippen molar-refractivity contribution in [3.63, 3.8) is 0 Å². The van der Waals surface area contributed by atoms with E-state index in [1.54, 1.807) is 0 Å². The lowest BCUT2D eigenvalue weighted by molar-refractivity contribution is -0.259. The van der Waals surface area contributed by atoms with E-state index >= 15 is 0 Å². The van der Waals surface area contributed by atoms with Gasteiger partial charge in [-0.05, 0) is 26.9 Å². The van der Waals surface area contributed by atoms with Crippen LogP contribution in [-0.2, 0) is 14.4 Å². The molecule has 1 unspecified atom stereocenters. The standard InChI is InChI=1S/C12H21N3O3/c1-13(2)12(14-8-4-3-5-9-14)18-15-10(16)6-7-11(15)17/h12H,3-9H2,1-2H3. The maximum absolute atomic E-state index is 11.6. The van der Waals surface area contributed by atoms with Crippen LogP contribution >= 0.6 is 0 Å². The Morgan fingerprint density at radius 1 is 1.06 bits per heavy atom. The van der Waals surface area contributed by atoms with Crippen LogP contribution in [0.2, 0.25) is 0 Å². The minimum absolute atomic E-state index is 0.233. The molecule has 2 saturated heterocycles. The predicted molar refractivity (Wildman–Crippen MR) is 65.1 cm³/mol. The molecule has 18 heavy (non-hydrogen) atoms. The summed E-state index contributed by atoms with van der Waals surface area (Å²) in [4.78, 5) is 32.8. The Morgan fingerprint density at radius 2 is 1.61 bits per heavy atom. The van der Waals surface area contributed by atoms with Gasteiger partial charge in [-0.3, -0.25) is 19.4 Å². The van der Waals surface area contributed by atoms with E-state index in [1.807, 2.05) is 19.0 Å². The van der Waals surface area contributed by atoms with Crippen LogP contribution in [-0.4, -0.2) is 60.2 Å². The summed E-state index contributed by atoms with van der Waals surface area (Å²) >= 11 is 0. The van der Waals surface area contributed by atoms with Crippen LogP contribution in [0.4, 0.5) is 0 Å². The van der Waals surface area contributed by atoms with Crippen LogP contribution in [0, 0.1) is 0 Å². The first kappa shape index (κ1) is 13.5. The van der Waals surface area contributed by atoms with Crippen molar-refractivity contribution in [2.24, 2.45) is 0 Å². The molecular formula is C12H21N3O3. The molecule has 2 rings (SSSR count). The highest BCUT2D eigenvalue weighted by Crippen LogP contribution is 2.19. The van der Waals surface area contributed by atoms with E-state index in [9.17, 15) is 9.59 Å². The number of imide groups is 1. The van der Waals surface area contributed by atoms with Gasteiger partial charge in [0.2, 0.25) is 0 Å². The van der Waals surface area contributed by atoms with Gasteiger partial charge in [0.25, 0.3) is 11.8 Å². The Hall–Kier alpha value is -0.980. The van der Waals surface area contributed by atoms with Crippen molar-refractivity contribution in [1.29, 1.82) is 0 Å². The average molecular weight is 255 g/mol. The second-order valence-electron chi connectivity index (χ2n) is 5.07. The lowest BCUT2D eigenvalue weighted by atomic mass is 10.1. The fraction of sp³-hybridized carbons (Fsp3) is 0.833. The monoisotopic (exact) mass is 255 g/mol. The molecule has 0 aliphatic carbocycles. The van der Waals surface area contributed by atoms with Crippen molar-refractivity contribution in [3.8, 4) is 0 Å². The second-order valence-corrected chi connectivity index (χ2v) is 5.07. The van der Waals surface area contributed by atoms with Gasteiger partial charge in [0.1, 0.15) is 0 Å². The lowest BCUT2D eigenvalue weighted by Crippen LogP contribution is -2.52. The number of carbonyl (C=O) groups is 2. The minimum Gasteiger partial charge on any atom is -0.272 e. The van der Waals surface area contributed by atoms with Gasteiger partial charge >= 0.3 is 0 Å². The van der Waals surface area contributed by atoms with E-state index in [-0.39, 0.29) is 31.0 Å². The molecule has 0 bridgehead atoms. The summed E-state index contributed by atoms with van der Waals surface area (Å²) in [6, 6.07) is 0. The minimum atomic E-state index is -0.337. The molecular weight excluding hydrogens is 234 g/mol. The molecule has 0 N–H and O–H groups in total. The van der Waals surface area contributed by atoms with E-state index < -0.39 is 0 Å². The quantitative estimate of drug-likeness (QED) is 0.537. The van der Waals surface area contributed by atoms with Gasteiger partial charge in [-0.25, -0.2) is 4.84 Å². The van der Waals surface area contributed by atoms with Crippen molar-refractivity contribution in [2.45, 2.75) is 38.5 Å². The van der Waals surface area contributed by atoms with Gasteiger partial charge in [0.15, 0.2) is 6.35 Å². The molecule has 1 atom stereocenters. The third-order valence-corrected chi connectivity index (χ3v) is 3.35. The van der Waals surface area contributed by atoms with Gasteiger partial charge in [-0.15, -0.1) is 0 Å². The van der Waals surface area contributed by atoms with E-state index in [4.69, 9.17) is 4.84 Å². The third kappa shape index (κ3) is 2.88. The Kier molecular flexibility index (Phi) is 4.31. The summed E-state index contributed by atoms with van der Waals surface area (Å²) in [6.07, 6.45) is 3.69. The van der Waals surface area contributed by atoms with Gasteiger partial charge in [0.05, 0.1) is 0 Å². The predicted octanol–water partition coefficient (Wildman–Crippen LogP) is 0.398. The number of rotatable bonds is 4. The number of nitrogens with zero attached hydrogens (tertiary/aromatic N) is 3. The van der Waals surface area contributed by atoms with Crippen LogP contribution in [0.1, 0.15) is 32.1 Å². The first-order chi connectivity index (χ1) is 8.59. The molecule has 2 fully saturated rings. The van der Waals surface area contributed by atoms with Gasteiger partial charge in [0, 0.05) is 25.9 Å². The normalized spacial score (nSPS) is 24.1. The number of likely N-dealkylation sites (tertiary alicyclic amines) is 1. The van der Waals surface area contributed by atoms with E-state index in [2.05, 4.69) is 4.90 Å². The van der Waals surface area contributed by atoms with E-state index in [0.29, 0.717) is 0 Å². The van der Waals surface area contributed by atoms with Crippen LogP contribution in [0.25, 0.3) is 0 Å². The van der Waals surface area contributed by atoms with Crippen molar-refractivity contribution in [1.82, 2.24) is 14.9 Å². The third-order valence-electron chi connectivity index (χ3n) is 3.35. The molecule has 6 nitrogen and oxygen atoms in total. The maximum atomic E-state index is 11.6. The molecule has 0 spiro atoms. The molecule has 0 radical (unpaired) electrons. The molecule has 2 heterocycles. The summed E-state index contributed by atoms with van der Waals surface area (Å²) in [7, 11) is 3.79. The molecule has 0 aromatic rings. The fourth-order valence-corrected chi connectivity index (χ4v) is 2.39. The number of hydroxylamine groups is 2.